The first-order chi connectivity index (χ1) is 11.7. The van der Waals surface area contributed by atoms with Crippen molar-refractivity contribution in [2.24, 2.45) is 5.73 Å². The van der Waals surface area contributed by atoms with E-state index in [4.69, 9.17) is 17.3 Å². The Hall–Kier alpha value is -1.29. The minimum Gasteiger partial charge on any atom is -0.353 e. The number of halogens is 1. The lowest BCUT2D eigenvalue weighted by Crippen LogP contribution is -1.99. The number of rotatable bonds is 8. The van der Waals surface area contributed by atoms with Crippen LogP contribution < -0.4 is 5.73 Å². The molecule has 24 heavy (non-hydrogen) atoms. The number of unbranched alkanes of at least 4 members (excludes halogenated alkanes) is 2. The van der Waals surface area contributed by atoms with Gasteiger partial charge < -0.3 is 10.7 Å². The highest BCUT2D eigenvalue weighted by molar-refractivity contribution is 7.19. The monoisotopic (exact) mass is 360 g/mol. The average Bonchev–Trinajstić information content (AvgIpc) is 3.17. The van der Waals surface area contributed by atoms with Crippen LogP contribution in [0.1, 0.15) is 43.7 Å². The molecule has 2 nitrogen and oxygen atoms in total. The minimum absolute atomic E-state index is 0.754. The molecule has 2 heterocycles. The third kappa shape index (κ3) is 3.69. The zero-order chi connectivity index (χ0) is 16.9. The van der Waals surface area contributed by atoms with Gasteiger partial charge >= 0.3 is 0 Å². The smallest absolute Gasteiger partial charge is 0.0935 e. The Balaban J connectivity index is 2.08. The van der Waals surface area contributed by atoms with Gasteiger partial charge in [-0.05, 0) is 61.9 Å². The largest absolute Gasteiger partial charge is 0.353 e. The number of benzene rings is 1. The van der Waals surface area contributed by atoms with E-state index in [0.29, 0.717) is 0 Å². The van der Waals surface area contributed by atoms with Crippen molar-refractivity contribution in [2.75, 3.05) is 6.54 Å². The summed E-state index contributed by atoms with van der Waals surface area (Å²) in [6, 6.07) is 10.8. The number of aromatic nitrogens is 1. The summed E-state index contributed by atoms with van der Waals surface area (Å²) in [6.45, 7) is 3.00. The number of fused-ring (bicyclic) bond motifs is 1. The van der Waals surface area contributed by atoms with Crippen molar-refractivity contribution in [1.29, 1.82) is 0 Å². The predicted molar refractivity (Wildman–Crippen MR) is 107 cm³/mol. The topological polar surface area (TPSA) is 41.8 Å². The van der Waals surface area contributed by atoms with Crippen LogP contribution in [0.3, 0.4) is 0 Å². The van der Waals surface area contributed by atoms with Crippen molar-refractivity contribution in [1.82, 2.24) is 4.98 Å². The van der Waals surface area contributed by atoms with E-state index in [1.165, 1.54) is 45.4 Å². The number of nitrogens with one attached hydrogen (secondary N) is 1. The van der Waals surface area contributed by atoms with Crippen molar-refractivity contribution in [3.8, 4) is 10.6 Å². The van der Waals surface area contributed by atoms with Crippen LogP contribution in [0, 0.1) is 0 Å². The highest BCUT2D eigenvalue weighted by Crippen LogP contribution is 2.38. The average molecular weight is 361 g/mol. The van der Waals surface area contributed by atoms with E-state index in [-0.39, 0.29) is 0 Å². The molecule has 0 aliphatic carbocycles. The molecule has 3 N–H and O–H groups in total. The van der Waals surface area contributed by atoms with Gasteiger partial charge in [0.1, 0.15) is 0 Å². The number of para-hydroxylation sites is 1. The lowest BCUT2D eigenvalue weighted by Gasteiger charge is -2.04. The molecule has 0 fully saturated rings. The Bertz CT molecular complexity index is 803. The molecule has 3 rings (SSSR count). The number of hydrogen-bond acceptors (Lipinski definition) is 2. The lowest BCUT2D eigenvalue weighted by atomic mass is 10.0. The third-order valence-corrected chi connectivity index (χ3v) is 5.78. The molecule has 0 aliphatic rings. The van der Waals surface area contributed by atoms with Gasteiger partial charge in [0.05, 0.1) is 14.9 Å². The van der Waals surface area contributed by atoms with Crippen LogP contribution in [0.5, 0.6) is 0 Å². The van der Waals surface area contributed by atoms with Gasteiger partial charge in [-0.25, -0.2) is 0 Å². The van der Waals surface area contributed by atoms with Gasteiger partial charge in [0, 0.05) is 10.9 Å². The van der Waals surface area contributed by atoms with Crippen LogP contribution in [0.4, 0.5) is 0 Å². The van der Waals surface area contributed by atoms with Gasteiger partial charge in [-0.1, -0.05) is 43.1 Å². The van der Waals surface area contributed by atoms with E-state index >= 15 is 0 Å². The van der Waals surface area contributed by atoms with Crippen molar-refractivity contribution >= 4 is 33.8 Å². The Morgan fingerprint density at radius 3 is 2.67 bits per heavy atom. The maximum atomic E-state index is 6.18. The second-order valence-electron chi connectivity index (χ2n) is 6.27. The Morgan fingerprint density at radius 1 is 1.08 bits per heavy atom. The van der Waals surface area contributed by atoms with Crippen LogP contribution in [0.25, 0.3) is 21.5 Å². The molecule has 0 aliphatic heterocycles. The quantitative estimate of drug-likeness (QED) is 0.463. The maximum absolute atomic E-state index is 6.18. The number of aromatic amines is 1. The molecule has 0 radical (unpaired) electrons. The van der Waals surface area contributed by atoms with Crippen LogP contribution >= 0.6 is 22.9 Å². The molecule has 0 atom stereocenters. The predicted octanol–water partition coefficient (Wildman–Crippen LogP) is 6.17. The first kappa shape index (κ1) is 17.5. The van der Waals surface area contributed by atoms with Gasteiger partial charge in [0.25, 0.3) is 0 Å². The lowest BCUT2D eigenvalue weighted by molar-refractivity contribution is 0.748. The van der Waals surface area contributed by atoms with E-state index in [1.807, 2.05) is 6.07 Å². The second kappa shape index (κ2) is 8.19. The molecule has 0 spiro atoms. The van der Waals surface area contributed by atoms with Crippen molar-refractivity contribution in [2.45, 2.75) is 45.4 Å². The van der Waals surface area contributed by atoms with Gasteiger partial charge in [-0.3, -0.25) is 0 Å². The summed E-state index contributed by atoms with van der Waals surface area (Å²) in [4.78, 5) is 4.94. The number of nitrogens with two attached hydrogens (primary N) is 1. The van der Waals surface area contributed by atoms with Crippen LogP contribution in [0.2, 0.25) is 4.34 Å². The number of H-pyrrole nitrogens is 1. The van der Waals surface area contributed by atoms with Crippen LogP contribution in [0.15, 0.2) is 30.3 Å². The van der Waals surface area contributed by atoms with Gasteiger partial charge in [-0.2, -0.15) is 0 Å². The standard InChI is InChI=1S/C20H25ClN2S/c1-2-3-7-14-8-6-10-15-16(9-4-5-13-22)20(23-19(14)15)17-11-12-18(21)24-17/h6,8,10-12,23H,2-5,7,9,13,22H2,1H3. The zero-order valence-corrected chi connectivity index (χ0v) is 15.8. The highest BCUT2D eigenvalue weighted by Gasteiger charge is 2.16. The Morgan fingerprint density at radius 2 is 1.96 bits per heavy atom. The fourth-order valence-electron chi connectivity index (χ4n) is 3.27. The SMILES string of the molecule is CCCCc1cccc2c(CCCCN)c(-c3ccc(Cl)s3)[nH]c12. The van der Waals surface area contributed by atoms with Crippen LogP contribution in [-0.4, -0.2) is 11.5 Å². The van der Waals surface area contributed by atoms with Crippen molar-refractivity contribution in [3.05, 3.63) is 45.8 Å². The summed E-state index contributed by atoms with van der Waals surface area (Å²) in [7, 11) is 0. The van der Waals surface area contributed by atoms with Crippen molar-refractivity contribution < 1.29 is 0 Å². The van der Waals surface area contributed by atoms with E-state index in [9.17, 15) is 0 Å². The third-order valence-electron chi connectivity index (χ3n) is 4.53. The van der Waals surface area contributed by atoms with Gasteiger partial charge in [-0.15, -0.1) is 11.3 Å². The molecule has 0 saturated carbocycles. The Kier molecular flexibility index (Phi) is 5.99. The minimum atomic E-state index is 0.754. The van der Waals surface area contributed by atoms with E-state index < -0.39 is 0 Å². The van der Waals surface area contributed by atoms with Crippen molar-refractivity contribution in [3.63, 3.8) is 0 Å². The molecule has 3 aromatic rings. The zero-order valence-electron chi connectivity index (χ0n) is 14.2. The first-order valence-electron chi connectivity index (χ1n) is 8.82. The molecule has 128 valence electrons. The summed E-state index contributed by atoms with van der Waals surface area (Å²) < 4.78 is 0.836. The van der Waals surface area contributed by atoms with E-state index in [0.717, 1.165) is 36.6 Å². The van der Waals surface area contributed by atoms with E-state index in [1.54, 1.807) is 11.3 Å². The molecular formula is C20H25ClN2S. The van der Waals surface area contributed by atoms with Gasteiger partial charge in [0.2, 0.25) is 0 Å². The fraction of sp³-hybridized carbons (Fsp3) is 0.400. The number of aryl methyl sites for hydroxylation is 2. The molecule has 1 aromatic carbocycles. The molecule has 2 aromatic heterocycles. The number of hydrogen-bond donors (Lipinski definition) is 2. The summed E-state index contributed by atoms with van der Waals surface area (Å²) >= 11 is 7.82. The van der Waals surface area contributed by atoms with Crippen LogP contribution in [-0.2, 0) is 12.8 Å². The second-order valence-corrected chi connectivity index (χ2v) is 7.99. The summed E-state index contributed by atoms with van der Waals surface area (Å²) in [5, 5.41) is 1.36. The summed E-state index contributed by atoms with van der Waals surface area (Å²) in [6.07, 6.45) is 6.80. The fourth-order valence-corrected chi connectivity index (χ4v) is 4.35. The molecular weight excluding hydrogens is 336 g/mol. The molecule has 0 amide bonds. The first-order valence-corrected chi connectivity index (χ1v) is 10.0. The number of thiophene rings is 1. The Labute approximate surface area is 153 Å². The summed E-state index contributed by atoms with van der Waals surface area (Å²) in [5.74, 6) is 0. The molecule has 0 saturated heterocycles. The normalized spacial score (nSPS) is 11.5. The molecule has 0 unspecified atom stereocenters. The molecule has 4 heteroatoms. The maximum Gasteiger partial charge on any atom is 0.0935 e. The highest BCUT2D eigenvalue weighted by atomic mass is 35.5. The van der Waals surface area contributed by atoms with E-state index in [2.05, 4.69) is 36.2 Å². The molecule has 0 bridgehead atoms. The summed E-state index contributed by atoms with van der Waals surface area (Å²) in [5.41, 5.74) is 11.1. The van der Waals surface area contributed by atoms with Gasteiger partial charge in [0.15, 0.2) is 0 Å².